The molecule has 0 unspecified atom stereocenters. The first-order valence-electron chi connectivity index (χ1n) is 7.50. The predicted molar refractivity (Wildman–Crippen MR) is 87.7 cm³/mol. The van der Waals surface area contributed by atoms with Crippen molar-refractivity contribution in [3.8, 4) is 17.4 Å². The minimum Gasteiger partial charge on any atom is -0.481 e. The van der Waals surface area contributed by atoms with Gasteiger partial charge in [0.2, 0.25) is 5.88 Å². The van der Waals surface area contributed by atoms with Gasteiger partial charge >= 0.3 is 0 Å². The molecule has 0 saturated heterocycles. The number of aryl methyl sites for hydroxylation is 1. The molecule has 7 nitrogen and oxygen atoms in total. The van der Waals surface area contributed by atoms with Crippen LogP contribution in [0.3, 0.4) is 0 Å². The Morgan fingerprint density at radius 2 is 2.00 bits per heavy atom. The van der Waals surface area contributed by atoms with Gasteiger partial charge in [-0.05, 0) is 29.8 Å². The van der Waals surface area contributed by atoms with Crippen molar-refractivity contribution in [3.05, 3.63) is 53.9 Å². The van der Waals surface area contributed by atoms with Crippen LogP contribution in [-0.2, 0) is 6.54 Å². The summed E-state index contributed by atoms with van der Waals surface area (Å²) in [5.41, 5.74) is 4.31. The second kappa shape index (κ2) is 5.77. The maximum atomic E-state index is 5.11. The molecule has 0 radical (unpaired) electrons. The first kappa shape index (κ1) is 14.4. The molecule has 0 aliphatic heterocycles. The van der Waals surface area contributed by atoms with Crippen molar-refractivity contribution in [3.63, 3.8) is 0 Å². The Balaban J connectivity index is 1.84. The number of ether oxygens (including phenoxy) is 1. The molecule has 0 aliphatic carbocycles. The highest BCUT2D eigenvalue weighted by Crippen LogP contribution is 2.26. The van der Waals surface area contributed by atoms with E-state index in [2.05, 4.69) is 19.9 Å². The molecule has 4 rings (SSSR count). The van der Waals surface area contributed by atoms with Gasteiger partial charge in [-0.1, -0.05) is 23.4 Å². The maximum absolute atomic E-state index is 5.11. The number of para-hydroxylation sites is 2. The topological polar surface area (TPSA) is 78.9 Å². The van der Waals surface area contributed by atoms with Gasteiger partial charge in [-0.2, -0.15) is 0 Å². The monoisotopic (exact) mass is 321 g/mol. The third kappa shape index (κ3) is 2.40. The van der Waals surface area contributed by atoms with Crippen LogP contribution in [0, 0.1) is 6.92 Å². The van der Waals surface area contributed by atoms with Crippen molar-refractivity contribution in [1.82, 2.24) is 24.8 Å². The highest BCUT2D eigenvalue weighted by molar-refractivity contribution is 5.80. The summed E-state index contributed by atoms with van der Waals surface area (Å²) in [5.74, 6) is 1.32. The van der Waals surface area contributed by atoms with E-state index in [0.29, 0.717) is 23.8 Å². The zero-order valence-electron chi connectivity index (χ0n) is 13.3. The third-order valence-corrected chi connectivity index (χ3v) is 3.87. The van der Waals surface area contributed by atoms with Crippen molar-refractivity contribution >= 4 is 11.0 Å². The van der Waals surface area contributed by atoms with E-state index in [9.17, 15) is 0 Å². The number of fused-ring (bicyclic) bond motifs is 1. The number of imidazole rings is 1. The minimum atomic E-state index is 0.589. The quantitative estimate of drug-likeness (QED) is 0.575. The Morgan fingerprint density at radius 1 is 1.12 bits per heavy atom. The molecule has 0 aliphatic rings. The molecule has 0 N–H and O–H groups in total. The van der Waals surface area contributed by atoms with Crippen LogP contribution in [0.15, 0.2) is 47.2 Å². The molecule has 0 bridgehead atoms. The summed E-state index contributed by atoms with van der Waals surface area (Å²) in [6.45, 7) is 2.46. The van der Waals surface area contributed by atoms with Gasteiger partial charge in [-0.15, -0.1) is 0 Å². The first-order chi connectivity index (χ1) is 11.8. The average Bonchev–Trinajstić information content (AvgIpc) is 3.19. The Hall–Kier alpha value is -3.22. The summed E-state index contributed by atoms with van der Waals surface area (Å²) < 4.78 is 12.0. The van der Waals surface area contributed by atoms with Gasteiger partial charge in [0.05, 0.1) is 24.7 Å². The molecule has 7 heteroatoms. The maximum Gasteiger partial charge on any atom is 0.212 e. The number of aromatic nitrogens is 5. The number of nitrogens with zero attached hydrogens (tertiary/aromatic N) is 5. The molecule has 3 heterocycles. The number of methoxy groups -OCH3 is 1. The van der Waals surface area contributed by atoms with Crippen molar-refractivity contribution in [2.75, 3.05) is 7.11 Å². The van der Waals surface area contributed by atoms with E-state index >= 15 is 0 Å². The number of hydrogen-bond acceptors (Lipinski definition) is 6. The Bertz CT molecular complexity index is 988. The van der Waals surface area contributed by atoms with E-state index in [1.165, 1.54) is 0 Å². The fourth-order valence-electron chi connectivity index (χ4n) is 2.66. The lowest BCUT2D eigenvalue weighted by molar-refractivity contribution is 0.305. The van der Waals surface area contributed by atoms with Crippen LogP contribution in [0.25, 0.3) is 22.6 Å². The Kier molecular flexibility index (Phi) is 3.45. The number of pyridine rings is 1. The lowest BCUT2D eigenvalue weighted by atomic mass is 10.2. The highest BCUT2D eigenvalue weighted by atomic mass is 16.6. The largest absolute Gasteiger partial charge is 0.481 e. The van der Waals surface area contributed by atoms with Gasteiger partial charge < -0.3 is 9.30 Å². The average molecular weight is 321 g/mol. The van der Waals surface area contributed by atoms with Gasteiger partial charge in [0, 0.05) is 12.3 Å². The molecule has 1 aromatic carbocycles. The zero-order chi connectivity index (χ0) is 16.5. The molecule has 4 aromatic rings. The van der Waals surface area contributed by atoms with Gasteiger partial charge in [-0.3, -0.25) is 0 Å². The Morgan fingerprint density at radius 3 is 2.71 bits per heavy atom. The predicted octanol–water partition coefficient (Wildman–Crippen LogP) is 2.85. The lowest BCUT2D eigenvalue weighted by Gasteiger charge is -2.08. The van der Waals surface area contributed by atoms with Gasteiger partial charge in [0.25, 0.3) is 0 Å². The molecule has 3 aromatic heterocycles. The lowest BCUT2D eigenvalue weighted by Crippen LogP contribution is -2.03. The molecule has 24 heavy (non-hydrogen) atoms. The number of hydrogen-bond donors (Lipinski definition) is 0. The summed E-state index contributed by atoms with van der Waals surface area (Å²) in [7, 11) is 1.60. The summed E-state index contributed by atoms with van der Waals surface area (Å²) >= 11 is 0. The summed E-state index contributed by atoms with van der Waals surface area (Å²) in [6.07, 6.45) is 1.80. The van der Waals surface area contributed by atoms with Crippen LogP contribution in [0.2, 0.25) is 0 Å². The van der Waals surface area contributed by atoms with Crippen LogP contribution in [0.1, 0.15) is 11.3 Å². The summed E-state index contributed by atoms with van der Waals surface area (Å²) in [5, 5.41) is 7.87. The van der Waals surface area contributed by atoms with E-state index in [1.807, 2.05) is 43.3 Å². The Labute approximate surface area is 137 Å². The molecule has 0 atom stereocenters. The fourth-order valence-corrected chi connectivity index (χ4v) is 2.66. The molecular weight excluding hydrogens is 306 g/mol. The van der Waals surface area contributed by atoms with Crippen molar-refractivity contribution in [2.45, 2.75) is 13.5 Å². The van der Waals surface area contributed by atoms with Crippen LogP contribution >= 0.6 is 0 Å². The van der Waals surface area contributed by atoms with Gasteiger partial charge in [0.1, 0.15) is 5.69 Å². The smallest absolute Gasteiger partial charge is 0.212 e. The first-order valence-corrected chi connectivity index (χ1v) is 7.50. The highest BCUT2D eigenvalue weighted by Gasteiger charge is 2.18. The molecule has 0 fully saturated rings. The van der Waals surface area contributed by atoms with Gasteiger partial charge in [0.15, 0.2) is 11.5 Å². The normalized spacial score (nSPS) is 11.1. The standard InChI is InChI=1S/C17H15N5O2/c1-11-16(21-24-20-11)17-19-13-5-3-4-6-14(13)22(17)10-12-7-8-15(23-2)18-9-12/h3-9H,10H2,1-2H3. The van der Waals surface area contributed by atoms with Gasteiger partial charge in [-0.25, -0.2) is 14.6 Å². The molecule has 0 spiro atoms. The van der Waals surface area contributed by atoms with Crippen molar-refractivity contribution in [2.24, 2.45) is 0 Å². The second-order valence-electron chi connectivity index (χ2n) is 5.42. The van der Waals surface area contributed by atoms with E-state index in [0.717, 1.165) is 22.4 Å². The molecule has 120 valence electrons. The van der Waals surface area contributed by atoms with Crippen molar-refractivity contribution in [1.29, 1.82) is 0 Å². The van der Waals surface area contributed by atoms with E-state index < -0.39 is 0 Å². The summed E-state index contributed by atoms with van der Waals surface area (Å²) in [6, 6.07) is 11.8. The SMILES string of the molecule is COc1ccc(Cn2c(-c3nonc3C)nc3ccccc32)cn1. The number of benzene rings is 1. The van der Waals surface area contributed by atoms with E-state index in [1.54, 1.807) is 13.3 Å². The fraction of sp³-hybridized carbons (Fsp3) is 0.176. The molecule has 0 amide bonds. The van der Waals surface area contributed by atoms with Crippen LogP contribution in [-0.4, -0.2) is 32.0 Å². The van der Waals surface area contributed by atoms with Crippen LogP contribution in [0.4, 0.5) is 0 Å². The van der Waals surface area contributed by atoms with Crippen LogP contribution < -0.4 is 4.74 Å². The third-order valence-electron chi connectivity index (χ3n) is 3.87. The number of rotatable bonds is 4. The van der Waals surface area contributed by atoms with E-state index in [-0.39, 0.29) is 0 Å². The molecular formula is C17H15N5O2. The summed E-state index contributed by atoms with van der Waals surface area (Å²) in [4.78, 5) is 8.97. The second-order valence-corrected chi connectivity index (χ2v) is 5.42. The van der Waals surface area contributed by atoms with Crippen LogP contribution in [0.5, 0.6) is 5.88 Å². The van der Waals surface area contributed by atoms with Crippen molar-refractivity contribution < 1.29 is 9.37 Å². The minimum absolute atomic E-state index is 0.589. The zero-order valence-corrected chi connectivity index (χ0v) is 13.3. The van der Waals surface area contributed by atoms with E-state index in [4.69, 9.17) is 14.3 Å². The molecule has 0 saturated carbocycles.